The predicted molar refractivity (Wildman–Crippen MR) is 549 cm³/mol. The lowest BCUT2D eigenvalue weighted by atomic mass is 9.74. The molecule has 0 fully saturated rings. The van der Waals surface area contributed by atoms with E-state index in [9.17, 15) is 29.7 Å². The molecule has 3 unspecified atom stereocenters. The van der Waals surface area contributed by atoms with Gasteiger partial charge in [-0.15, -0.1) is 0 Å². The summed E-state index contributed by atoms with van der Waals surface area (Å²) in [4.78, 5) is 39.7. The lowest BCUT2D eigenvalue weighted by molar-refractivity contribution is 0.0943. The van der Waals surface area contributed by atoms with E-state index in [1.165, 1.54) is 64.6 Å². The van der Waals surface area contributed by atoms with E-state index < -0.39 is 16.8 Å². The van der Waals surface area contributed by atoms with Crippen LogP contribution in [0.5, 0.6) is 34.5 Å². The van der Waals surface area contributed by atoms with Crippen LogP contribution in [-0.4, -0.2) is 95.3 Å². The average Bonchev–Trinajstić information content (AvgIpc) is 0.670. The topological polar surface area (TPSA) is 203 Å². The number of hydrogen-bond acceptors (Lipinski definition) is 12. The summed E-state index contributed by atoms with van der Waals surface area (Å²) in [6.07, 6.45) is 5.66. The highest BCUT2D eigenvalue weighted by Gasteiger charge is 2.44. The number of fused-ring (bicyclic) bond motifs is 2. The minimum absolute atomic E-state index is 0.167. The van der Waals surface area contributed by atoms with E-state index in [0.717, 1.165) is 114 Å². The number of hydrogen-bond donors (Lipinski definition) is 6. The van der Waals surface area contributed by atoms with Gasteiger partial charge in [0.15, 0.2) is 0 Å². The molecule has 0 saturated heterocycles. The van der Waals surface area contributed by atoms with Gasteiger partial charge in [0.05, 0.1) is 42.7 Å². The molecule has 0 spiro atoms. The van der Waals surface area contributed by atoms with E-state index >= 15 is 0 Å². The van der Waals surface area contributed by atoms with Gasteiger partial charge >= 0.3 is 0 Å². The van der Waals surface area contributed by atoms with Crippen molar-refractivity contribution in [3.63, 3.8) is 0 Å². The van der Waals surface area contributed by atoms with Crippen LogP contribution in [0.3, 0.4) is 0 Å². The molecule has 15 nitrogen and oxygen atoms in total. The second kappa shape index (κ2) is 36.0. The monoisotopic (exact) mass is 1780 g/mol. The Kier molecular flexibility index (Phi) is 23.3. The van der Waals surface area contributed by atoms with Crippen LogP contribution in [0.15, 0.2) is 315 Å². The second-order valence-electron chi connectivity index (χ2n) is 35.1. The molecule has 0 aromatic heterocycles. The molecule has 22 aromatic rings. The zero-order valence-electron chi connectivity index (χ0n) is 76.9. The van der Waals surface area contributed by atoms with Crippen molar-refractivity contribution >= 4 is 158 Å². The molecule has 0 aliphatic rings. The van der Waals surface area contributed by atoms with Crippen LogP contribution in [0.2, 0.25) is 0 Å². The number of unbranched alkanes of at least 4 members (excludes halogenated alkanes) is 3. The molecule has 22 aromatic carbocycles. The molecule has 3 atom stereocenters. The van der Waals surface area contributed by atoms with Gasteiger partial charge in [-0.3, -0.25) is 14.4 Å². The summed E-state index contributed by atoms with van der Waals surface area (Å²) in [5.41, 5.74) is 1.88. The molecule has 670 valence electrons. The van der Waals surface area contributed by atoms with Crippen molar-refractivity contribution in [3.05, 3.63) is 382 Å². The van der Waals surface area contributed by atoms with Crippen LogP contribution < -0.4 is 44.4 Å². The van der Waals surface area contributed by atoms with Crippen LogP contribution in [-0.2, 0) is 16.8 Å². The summed E-state index contributed by atoms with van der Waals surface area (Å²) >= 11 is 0. The number of carbonyl (C=O) groups excluding carboxylic acids is 3. The lowest BCUT2D eigenvalue weighted by Gasteiger charge is -2.34. The molecular weight excluding hydrogens is 1680 g/mol. The Bertz CT molecular complexity index is 8170. The molecule has 0 heterocycles. The molecule has 0 bridgehead atoms. The SMILES string of the molecule is CCCCNC(=O)c1cccc(C(O)(c2ccc(OC)cc2OC)c2cc3ccc4ccc5ccc6ccc7ccc2c2c7c6c5c4c32)c1.CCCCNC(=O)c1cccc(C(O)(c2ccc(OC)cc2OC)c2ccc3c4cccc5cccc(c6cccc2c63)c54)c1.CCCCNC(=O)c1cccc(C(O)(c2ccc(OC)cc2OC)c2ccc3ccc4cccc5ccc2c3c45)c1. The molecular formula is C120H103N3O12. The second-order valence-corrected chi connectivity index (χ2v) is 35.1. The number of amides is 3. The van der Waals surface area contributed by atoms with Crippen molar-refractivity contribution in [2.75, 3.05) is 62.3 Å². The minimum atomic E-state index is -1.72. The zero-order valence-corrected chi connectivity index (χ0v) is 76.9. The maximum Gasteiger partial charge on any atom is 0.251 e. The Labute approximate surface area is 782 Å². The third kappa shape index (κ3) is 14.7. The van der Waals surface area contributed by atoms with Crippen molar-refractivity contribution in [1.29, 1.82) is 0 Å². The van der Waals surface area contributed by atoms with Gasteiger partial charge in [0, 0.05) is 87.9 Å². The fourth-order valence-corrected chi connectivity index (χ4v) is 21.1. The normalized spacial score (nSPS) is 13.1. The molecule has 6 N–H and O–H groups in total. The number of carbonyl (C=O) groups is 3. The van der Waals surface area contributed by atoms with Gasteiger partial charge in [0.1, 0.15) is 51.3 Å². The van der Waals surface area contributed by atoms with Crippen LogP contribution in [0.25, 0.3) is 140 Å². The van der Waals surface area contributed by atoms with Crippen molar-refractivity contribution in [1.82, 2.24) is 16.0 Å². The van der Waals surface area contributed by atoms with Gasteiger partial charge in [-0.05, 0) is 255 Å². The summed E-state index contributed by atoms with van der Waals surface area (Å²) in [6, 6.07) is 104. The number of nitrogens with one attached hydrogen (secondary N) is 3. The minimum Gasteiger partial charge on any atom is -0.497 e. The number of methoxy groups -OCH3 is 6. The smallest absolute Gasteiger partial charge is 0.251 e. The molecule has 0 aliphatic heterocycles. The van der Waals surface area contributed by atoms with E-state index in [0.29, 0.717) is 121 Å². The maximum absolute atomic E-state index is 13.6. The summed E-state index contributed by atoms with van der Waals surface area (Å²) in [6.45, 7) is 8.07. The van der Waals surface area contributed by atoms with E-state index in [-0.39, 0.29) is 17.7 Å². The molecule has 3 amide bonds. The predicted octanol–water partition coefficient (Wildman–Crippen LogP) is 25.7. The highest BCUT2D eigenvalue weighted by atomic mass is 16.5. The van der Waals surface area contributed by atoms with Gasteiger partial charge in [0.2, 0.25) is 0 Å². The Hall–Kier alpha value is -15.4. The largest absolute Gasteiger partial charge is 0.497 e. The first kappa shape index (κ1) is 87.6. The van der Waals surface area contributed by atoms with E-state index in [1.54, 1.807) is 91.2 Å². The molecule has 0 radical (unpaired) electrons. The van der Waals surface area contributed by atoms with E-state index in [2.05, 4.69) is 213 Å². The summed E-state index contributed by atoms with van der Waals surface area (Å²) in [5, 5.41) is 78.8. The third-order valence-electron chi connectivity index (χ3n) is 27.7. The Balaban J connectivity index is 0.000000126. The molecule has 0 saturated carbocycles. The Morgan fingerprint density at radius 3 is 0.911 bits per heavy atom. The van der Waals surface area contributed by atoms with Gasteiger partial charge < -0.3 is 59.7 Å². The lowest BCUT2D eigenvalue weighted by Crippen LogP contribution is -2.31. The van der Waals surface area contributed by atoms with Crippen molar-refractivity contribution in [2.24, 2.45) is 0 Å². The van der Waals surface area contributed by atoms with Gasteiger partial charge in [-0.1, -0.05) is 258 Å². The van der Waals surface area contributed by atoms with Crippen LogP contribution in [0.4, 0.5) is 0 Å². The average molecular weight is 1780 g/mol. The van der Waals surface area contributed by atoms with Crippen molar-refractivity contribution < 1.29 is 58.1 Å². The number of rotatable bonds is 27. The van der Waals surface area contributed by atoms with E-state index in [4.69, 9.17) is 28.4 Å². The summed E-state index contributed by atoms with van der Waals surface area (Å²) in [7, 11) is 9.59. The summed E-state index contributed by atoms with van der Waals surface area (Å²) in [5.74, 6) is 2.78. The Morgan fingerprint density at radius 2 is 0.511 bits per heavy atom. The maximum atomic E-state index is 13.6. The quantitative estimate of drug-likeness (QED) is 0.0123. The van der Waals surface area contributed by atoms with Crippen LogP contribution in [0, 0.1) is 0 Å². The zero-order chi connectivity index (χ0) is 93.1. The van der Waals surface area contributed by atoms with Crippen molar-refractivity contribution in [2.45, 2.75) is 76.1 Å². The molecule has 0 aliphatic carbocycles. The van der Waals surface area contributed by atoms with Crippen molar-refractivity contribution in [3.8, 4) is 34.5 Å². The molecule has 22 rings (SSSR count). The molecule has 15 heteroatoms. The first-order chi connectivity index (χ1) is 65.9. The van der Waals surface area contributed by atoms with Crippen LogP contribution in [0.1, 0.15) is 140 Å². The number of ether oxygens (including phenoxy) is 6. The van der Waals surface area contributed by atoms with Gasteiger partial charge in [0.25, 0.3) is 17.7 Å². The fourth-order valence-electron chi connectivity index (χ4n) is 21.1. The highest BCUT2D eigenvalue weighted by molar-refractivity contribution is 6.45. The first-order valence-electron chi connectivity index (χ1n) is 46.3. The molecule has 135 heavy (non-hydrogen) atoms. The van der Waals surface area contributed by atoms with Crippen LogP contribution >= 0.6 is 0 Å². The van der Waals surface area contributed by atoms with Gasteiger partial charge in [-0.25, -0.2) is 0 Å². The fraction of sp³-hybridized carbons (Fsp3) is 0.175. The van der Waals surface area contributed by atoms with Gasteiger partial charge in [-0.2, -0.15) is 0 Å². The number of aliphatic hydroxyl groups is 3. The van der Waals surface area contributed by atoms with E-state index in [1.807, 2.05) is 91.0 Å². The third-order valence-corrected chi connectivity index (χ3v) is 27.7. The Morgan fingerprint density at radius 1 is 0.237 bits per heavy atom. The highest BCUT2D eigenvalue weighted by Crippen LogP contribution is 2.56. The number of benzene rings is 22. The standard InChI is InChI=1S/C44H35NO4.C40H35NO4.C36H33NO4/c1-4-5-21-45-43(46)30-7-6-8-31(22-30)44(47,34-20-18-32(48-2)24-36(34)49-3)35-23-29-16-15-27-12-10-25-9-11-26-13-14-28-17-19-33(35)42-40(28)38(26)37(25)39(27)41(29)42;1-4-5-22-41-39(42)26-12-6-13-27(23-26)40(43,35-20-18-28(44-2)24-36(35)45-3)34-21-19-32-30-15-8-11-25-10-7-14-29(37(25)30)31-16-9-17-33(34)38(31)32;1-4-5-20-37-35(38)26-10-7-11-27(21-26)36(39,31-19-16-28(40-2)22-32(31)41-3)30-18-15-25-13-12-23-8-6-9-24-14-17-29(30)34(25)33(23)24/h6-20,22-24,47H,4-5,21H2,1-3H3,(H,45,46);6-21,23-24,43H,4-5,22H2,1-3H3,(H,41,42);6-19,21-22,39H,4-5,20H2,1-3H3,(H,37,38). The summed E-state index contributed by atoms with van der Waals surface area (Å²) < 4.78 is 34.2. The first-order valence-corrected chi connectivity index (χ1v) is 46.3.